The zero-order valence-electron chi connectivity index (χ0n) is 14.9. The van der Waals surface area contributed by atoms with Gasteiger partial charge in [0.25, 0.3) is 0 Å². The molecule has 5 heteroatoms. The van der Waals surface area contributed by atoms with E-state index in [1.807, 2.05) is 64.0 Å². The van der Waals surface area contributed by atoms with Crippen molar-refractivity contribution in [2.75, 3.05) is 25.5 Å². The molecule has 23 heavy (non-hydrogen) atoms. The highest BCUT2D eigenvalue weighted by atomic mass is 16.2. The lowest BCUT2D eigenvalue weighted by Crippen LogP contribution is -2.35. The van der Waals surface area contributed by atoms with Gasteiger partial charge < -0.3 is 15.5 Å². The minimum absolute atomic E-state index is 0.00620. The average Bonchev–Trinajstić information content (AvgIpc) is 2.48. The first-order valence-corrected chi connectivity index (χ1v) is 8.01. The SMILES string of the molecule is CN(C)c1ccc(CNC(=O)CCCNC(=O)C(C)(C)C)cc1. The summed E-state index contributed by atoms with van der Waals surface area (Å²) < 4.78 is 0. The highest BCUT2D eigenvalue weighted by molar-refractivity contribution is 5.81. The predicted molar refractivity (Wildman–Crippen MR) is 94.3 cm³/mol. The van der Waals surface area contributed by atoms with Crippen molar-refractivity contribution in [3.63, 3.8) is 0 Å². The Balaban J connectivity index is 2.23. The van der Waals surface area contributed by atoms with E-state index < -0.39 is 0 Å². The molecule has 0 spiro atoms. The van der Waals surface area contributed by atoms with Gasteiger partial charge in [-0.05, 0) is 24.1 Å². The van der Waals surface area contributed by atoms with E-state index in [-0.39, 0.29) is 17.2 Å². The van der Waals surface area contributed by atoms with Gasteiger partial charge in [-0.3, -0.25) is 9.59 Å². The monoisotopic (exact) mass is 319 g/mol. The van der Waals surface area contributed by atoms with Crippen LogP contribution in [0.25, 0.3) is 0 Å². The van der Waals surface area contributed by atoms with Gasteiger partial charge in [-0.15, -0.1) is 0 Å². The Bertz CT molecular complexity index is 516. The number of anilines is 1. The third-order valence-electron chi connectivity index (χ3n) is 3.49. The van der Waals surface area contributed by atoms with Gasteiger partial charge in [0.1, 0.15) is 0 Å². The highest BCUT2D eigenvalue weighted by Crippen LogP contribution is 2.13. The van der Waals surface area contributed by atoms with Crippen LogP contribution in [-0.2, 0) is 16.1 Å². The summed E-state index contributed by atoms with van der Waals surface area (Å²) in [6.07, 6.45) is 1.06. The molecule has 0 fully saturated rings. The van der Waals surface area contributed by atoms with Crippen LogP contribution in [0.3, 0.4) is 0 Å². The average molecular weight is 319 g/mol. The molecule has 5 nitrogen and oxygen atoms in total. The van der Waals surface area contributed by atoms with E-state index in [9.17, 15) is 9.59 Å². The number of nitrogens with one attached hydrogen (secondary N) is 2. The molecule has 0 saturated heterocycles. The summed E-state index contributed by atoms with van der Waals surface area (Å²) in [5, 5.41) is 5.75. The van der Waals surface area contributed by atoms with E-state index in [0.29, 0.717) is 25.9 Å². The Labute approximate surface area is 139 Å². The fourth-order valence-corrected chi connectivity index (χ4v) is 1.92. The second-order valence-electron chi connectivity index (χ2n) is 6.95. The fraction of sp³-hybridized carbons (Fsp3) is 0.556. The number of rotatable bonds is 7. The minimum Gasteiger partial charge on any atom is -0.378 e. The summed E-state index contributed by atoms with van der Waals surface area (Å²) in [6.45, 7) is 6.67. The van der Waals surface area contributed by atoms with Crippen LogP contribution < -0.4 is 15.5 Å². The highest BCUT2D eigenvalue weighted by Gasteiger charge is 2.20. The molecule has 0 unspecified atom stereocenters. The number of nitrogens with zero attached hydrogens (tertiary/aromatic N) is 1. The van der Waals surface area contributed by atoms with Crippen molar-refractivity contribution in [3.05, 3.63) is 29.8 Å². The molecule has 0 aromatic heterocycles. The second kappa shape index (κ2) is 8.56. The van der Waals surface area contributed by atoms with Crippen LogP contribution in [0.5, 0.6) is 0 Å². The van der Waals surface area contributed by atoms with Crippen molar-refractivity contribution in [2.45, 2.75) is 40.2 Å². The second-order valence-corrected chi connectivity index (χ2v) is 6.95. The first-order chi connectivity index (χ1) is 10.7. The van der Waals surface area contributed by atoms with Crippen LogP contribution in [0, 0.1) is 5.41 Å². The minimum atomic E-state index is -0.388. The number of carbonyl (C=O) groups is 2. The molecule has 0 bridgehead atoms. The van der Waals surface area contributed by atoms with Crippen molar-refractivity contribution in [2.24, 2.45) is 5.41 Å². The standard InChI is InChI=1S/C18H29N3O2/c1-18(2,3)17(23)19-12-6-7-16(22)20-13-14-8-10-15(11-9-14)21(4)5/h8-11H,6-7,12-13H2,1-5H3,(H,19,23)(H,20,22). The summed E-state index contributed by atoms with van der Waals surface area (Å²) in [5.74, 6) is 0.0191. The van der Waals surface area contributed by atoms with Gasteiger partial charge in [0.2, 0.25) is 11.8 Å². The normalized spacial score (nSPS) is 11.0. The molecule has 2 amide bonds. The quantitative estimate of drug-likeness (QED) is 0.758. The summed E-state index contributed by atoms with van der Waals surface area (Å²) >= 11 is 0. The fourth-order valence-electron chi connectivity index (χ4n) is 1.92. The largest absolute Gasteiger partial charge is 0.378 e. The molecule has 0 aliphatic carbocycles. The van der Waals surface area contributed by atoms with Crippen LogP contribution in [-0.4, -0.2) is 32.5 Å². The Hall–Kier alpha value is -2.04. The Morgan fingerprint density at radius 2 is 1.65 bits per heavy atom. The predicted octanol–water partition coefficient (Wildman–Crippen LogP) is 2.31. The maximum atomic E-state index is 11.8. The topological polar surface area (TPSA) is 61.4 Å². The molecule has 0 aliphatic rings. The van der Waals surface area contributed by atoms with Crippen LogP contribution in [0.1, 0.15) is 39.2 Å². The van der Waals surface area contributed by atoms with Gasteiger partial charge >= 0.3 is 0 Å². The first kappa shape index (κ1) is 19.0. The van der Waals surface area contributed by atoms with E-state index in [0.717, 1.165) is 11.3 Å². The molecule has 1 aromatic rings. The Morgan fingerprint density at radius 3 is 2.17 bits per heavy atom. The summed E-state index contributed by atoms with van der Waals surface area (Å²) in [5.41, 5.74) is 1.82. The molecular weight excluding hydrogens is 290 g/mol. The van der Waals surface area contributed by atoms with Gasteiger partial charge in [-0.25, -0.2) is 0 Å². The van der Waals surface area contributed by atoms with E-state index in [1.165, 1.54) is 0 Å². The maximum Gasteiger partial charge on any atom is 0.225 e. The lowest BCUT2D eigenvalue weighted by atomic mass is 9.96. The molecule has 0 aliphatic heterocycles. The molecule has 0 radical (unpaired) electrons. The van der Waals surface area contributed by atoms with Crippen molar-refractivity contribution in [1.82, 2.24) is 10.6 Å². The van der Waals surface area contributed by atoms with Gasteiger partial charge in [0.15, 0.2) is 0 Å². The van der Waals surface area contributed by atoms with Crippen molar-refractivity contribution in [3.8, 4) is 0 Å². The number of amides is 2. The van der Waals surface area contributed by atoms with Gasteiger partial charge in [0, 0.05) is 44.7 Å². The zero-order chi connectivity index (χ0) is 17.5. The van der Waals surface area contributed by atoms with Crippen molar-refractivity contribution >= 4 is 17.5 Å². The Morgan fingerprint density at radius 1 is 1.04 bits per heavy atom. The zero-order valence-corrected chi connectivity index (χ0v) is 14.9. The molecule has 1 rings (SSSR count). The third-order valence-corrected chi connectivity index (χ3v) is 3.49. The van der Waals surface area contributed by atoms with E-state index in [2.05, 4.69) is 10.6 Å². The van der Waals surface area contributed by atoms with Crippen molar-refractivity contribution in [1.29, 1.82) is 0 Å². The smallest absolute Gasteiger partial charge is 0.225 e. The molecule has 0 saturated carbocycles. The third kappa shape index (κ3) is 7.17. The molecule has 1 aromatic carbocycles. The summed E-state index contributed by atoms with van der Waals surface area (Å²) in [6, 6.07) is 8.09. The van der Waals surface area contributed by atoms with Crippen molar-refractivity contribution < 1.29 is 9.59 Å². The number of hydrogen-bond donors (Lipinski definition) is 2. The van der Waals surface area contributed by atoms with E-state index in [1.54, 1.807) is 0 Å². The Kier molecular flexibility index (Phi) is 7.07. The molecule has 128 valence electrons. The molecular formula is C18H29N3O2. The maximum absolute atomic E-state index is 11.8. The molecule has 2 N–H and O–H groups in total. The first-order valence-electron chi connectivity index (χ1n) is 8.01. The van der Waals surface area contributed by atoms with Crippen LogP contribution in [0.2, 0.25) is 0 Å². The van der Waals surface area contributed by atoms with E-state index in [4.69, 9.17) is 0 Å². The molecule has 0 heterocycles. The van der Waals surface area contributed by atoms with Crippen LogP contribution in [0.15, 0.2) is 24.3 Å². The summed E-state index contributed by atoms with van der Waals surface area (Å²) in [7, 11) is 3.99. The van der Waals surface area contributed by atoms with Gasteiger partial charge in [-0.1, -0.05) is 32.9 Å². The number of hydrogen-bond acceptors (Lipinski definition) is 3. The van der Waals surface area contributed by atoms with Gasteiger partial charge in [0.05, 0.1) is 0 Å². The lowest BCUT2D eigenvalue weighted by Gasteiger charge is -2.17. The number of carbonyl (C=O) groups excluding carboxylic acids is 2. The van der Waals surface area contributed by atoms with Gasteiger partial charge in [-0.2, -0.15) is 0 Å². The number of benzene rings is 1. The lowest BCUT2D eigenvalue weighted by molar-refractivity contribution is -0.128. The van der Waals surface area contributed by atoms with Crippen LogP contribution >= 0.6 is 0 Å². The molecule has 0 atom stereocenters. The van der Waals surface area contributed by atoms with Crippen LogP contribution in [0.4, 0.5) is 5.69 Å². The van der Waals surface area contributed by atoms with E-state index >= 15 is 0 Å². The summed E-state index contributed by atoms with van der Waals surface area (Å²) in [4.78, 5) is 25.5.